The van der Waals surface area contributed by atoms with Crippen molar-refractivity contribution in [1.29, 1.82) is 0 Å². The third-order valence-electron chi connectivity index (χ3n) is 3.86. The fourth-order valence-corrected chi connectivity index (χ4v) is 2.81. The Morgan fingerprint density at radius 1 is 1.30 bits per heavy atom. The van der Waals surface area contributed by atoms with Crippen LogP contribution in [0.5, 0.6) is 0 Å². The lowest BCUT2D eigenvalue weighted by molar-refractivity contribution is 0.0659. The van der Waals surface area contributed by atoms with E-state index >= 15 is 0 Å². The number of carboxylic acid groups (broad SMARTS) is 1. The summed E-state index contributed by atoms with van der Waals surface area (Å²) in [5.74, 6) is -0.334. The van der Waals surface area contributed by atoms with E-state index in [0.717, 1.165) is 19.4 Å². The van der Waals surface area contributed by atoms with Gasteiger partial charge in [-0.05, 0) is 43.5 Å². The van der Waals surface area contributed by atoms with Gasteiger partial charge in [-0.2, -0.15) is 0 Å². The second kappa shape index (κ2) is 5.04. The molecule has 3 rings (SSSR count). The monoisotopic (exact) mass is 271 g/mol. The molecule has 1 aromatic carbocycles. The van der Waals surface area contributed by atoms with Gasteiger partial charge in [0, 0.05) is 12.2 Å². The molecule has 1 aliphatic heterocycles. The van der Waals surface area contributed by atoms with Crippen LogP contribution in [0.1, 0.15) is 41.3 Å². The summed E-state index contributed by atoms with van der Waals surface area (Å²) >= 11 is 0. The van der Waals surface area contributed by atoms with Gasteiger partial charge in [-0.3, -0.25) is 0 Å². The molecule has 20 heavy (non-hydrogen) atoms. The quantitative estimate of drug-likeness (QED) is 0.928. The number of benzene rings is 1. The molecular formula is C16H17NO3. The number of rotatable bonds is 3. The largest absolute Gasteiger partial charge is 0.475 e. The SMILES string of the molecule is CC(c1ccc(C(=O)O)o1)N1CCCc2ccccc21. The molecule has 1 unspecified atom stereocenters. The normalized spacial score (nSPS) is 15.8. The molecule has 0 bridgehead atoms. The molecule has 4 heteroatoms. The highest BCUT2D eigenvalue weighted by Gasteiger charge is 2.24. The summed E-state index contributed by atoms with van der Waals surface area (Å²) in [6.07, 6.45) is 2.20. The number of hydrogen-bond donors (Lipinski definition) is 1. The van der Waals surface area contributed by atoms with E-state index in [4.69, 9.17) is 9.52 Å². The second-order valence-corrected chi connectivity index (χ2v) is 5.11. The van der Waals surface area contributed by atoms with E-state index in [-0.39, 0.29) is 11.8 Å². The number of anilines is 1. The Kier molecular flexibility index (Phi) is 3.22. The van der Waals surface area contributed by atoms with Crippen molar-refractivity contribution in [1.82, 2.24) is 0 Å². The molecule has 2 heterocycles. The highest BCUT2D eigenvalue weighted by atomic mass is 16.4. The standard InChI is InChI=1S/C16H17NO3/c1-11(14-8-9-15(20-14)16(18)19)17-10-4-6-12-5-2-3-7-13(12)17/h2-3,5,7-9,11H,4,6,10H2,1H3,(H,18,19). The molecule has 104 valence electrons. The van der Waals surface area contributed by atoms with Crippen molar-refractivity contribution in [3.05, 3.63) is 53.5 Å². The smallest absolute Gasteiger partial charge is 0.371 e. The molecular weight excluding hydrogens is 254 g/mol. The molecule has 1 aromatic heterocycles. The molecule has 0 amide bonds. The average Bonchev–Trinajstić information content (AvgIpc) is 2.96. The molecule has 0 aliphatic carbocycles. The van der Waals surface area contributed by atoms with Crippen LogP contribution in [0.4, 0.5) is 5.69 Å². The Morgan fingerprint density at radius 3 is 2.85 bits per heavy atom. The molecule has 0 saturated carbocycles. The minimum atomic E-state index is -1.03. The fraction of sp³-hybridized carbons (Fsp3) is 0.312. The lowest BCUT2D eigenvalue weighted by atomic mass is 10.00. The molecule has 0 fully saturated rings. The van der Waals surface area contributed by atoms with Crippen molar-refractivity contribution in [2.45, 2.75) is 25.8 Å². The van der Waals surface area contributed by atoms with Gasteiger partial charge in [0.2, 0.25) is 5.76 Å². The van der Waals surface area contributed by atoms with E-state index in [2.05, 4.69) is 23.1 Å². The highest BCUT2D eigenvalue weighted by Crippen LogP contribution is 2.34. The number of para-hydroxylation sites is 1. The third kappa shape index (κ3) is 2.18. The molecule has 2 aromatic rings. The summed E-state index contributed by atoms with van der Waals surface area (Å²) in [6.45, 7) is 3.01. The fourth-order valence-electron chi connectivity index (χ4n) is 2.81. The van der Waals surface area contributed by atoms with Gasteiger partial charge in [0.1, 0.15) is 5.76 Å². The minimum absolute atomic E-state index is 0.00264. The average molecular weight is 271 g/mol. The van der Waals surface area contributed by atoms with Gasteiger partial charge in [0.15, 0.2) is 0 Å². The van der Waals surface area contributed by atoms with Crippen molar-refractivity contribution < 1.29 is 14.3 Å². The number of fused-ring (bicyclic) bond motifs is 1. The summed E-state index contributed by atoms with van der Waals surface area (Å²) < 4.78 is 5.43. The zero-order valence-electron chi connectivity index (χ0n) is 11.4. The maximum Gasteiger partial charge on any atom is 0.371 e. The Balaban J connectivity index is 1.91. The molecule has 1 N–H and O–H groups in total. The predicted octanol–water partition coefficient (Wildman–Crippen LogP) is 3.49. The summed E-state index contributed by atoms with van der Waals surface area (Å²) in [5.41, 5.74) is 2.56. The molecule has 0 saturated heterocycles. The minimum Gasteiger partial charge on any atom is -0.475 e. The van der Waals surface area contributed by atoms with Crippen LogP contribution in [0.3, 0.4) is 0 Å². The van der Waals surface area contributed by atoms with Crippen LogP contribution in [0, 0.1) is 0 Å². The van der Waals surface area contributed by atoms with E-state index in [0.29, 0.717) is 5.76 Å². The van der Waals surface area contributed by atoms with Crippen molar-refractivity contribution >= 4 is 11.7 Å². The molecule has 0 spiro atoms. The van der Waals surface area contributed by atoms with Gasteiger partial charge in [-0.25, -0.2) is 4.79 Å². The lowest BCUT2D eigenvalue weighted by Gasteiger charge is -2.35. The van der Waals surface area contributed by atoms with Crippen molar-refractivity contribution in [3.8, 4) is 0 Å². The first-order valence-corrected chi connectivity index (χ1v) is 6.84. The summed E-state index contributed by atoms with van der Waals surface area (Å²) in [7, 11) is 0. The first-order valence-electron chi connectivity index (χ1n) is 6.84. The molecule has 1 aliphatic rings. The number of aryl methyl sites for hydroxylation is 1. The van der Waals surface area contributed by atoms with Crippen LogP contribution < -0.4 is 4.90 Å². The van der Waals surface area contributed by atoms with Gasteiger partial charge in [-0.15, -0.1) is 0 Å². The lowest BCUT2D eigenvalue weighted by Crippen LogP contribution is -2.31. The maximum absolute atomic E-state index is 10.9. The van der Waals surface area contributed by atoms with E-state index < -0.39 is 5.97 Å². The number of furan rings is 1. The zero-order valence-corrected chi connectivity index (χ0v) is 11.4. The predicted molar refractivity (Wildman–Crippen MR) is 76.2 cm³/mol. The first kappa shape index (κ1) is 12.8. The first-order chi connectivity index (χ1) is 9.66. The Bertz CT molecular complexity index is 632. The van der Waals surface area contributed by atoms with Crippen LogP contribution in [-0.4, -0.2) is 17.6 Å². The van der Waals surface area contributed by atoms with E-state index in [1.54, 1.807) is 6.07 Å². The number of aromatic carboxylic acids is 1. The topological polar surface area (TPSA) is 53.7 Å². The Hall–Kier alpha value is -2.23. The Morgan fingerprint density at radius 2 is 2.10 bits per heavy atom. The van der Waals surface area contributed by atoms with Gasteiger partial charge in [0.25, 0.3) is 0 Å². The number of hydrogen-bond acceptors (Lipinski definition) is 3. The van der Waals surface area contributed by atoms with Gasteiger partial charge >= 0.3 is 5.97 Å². The number of carboxylic acids is 1. The summed E-state index contributed by atoms with van der Waals surface area (Å²) in [5, 5.41) is 8.94. The van der Waals surface area contributed by atoms with Crippen LogP contribution in [0.2, 0.25) is 0 Å². The molecule has 4 nitrogen and oxygen atoms in total. The zero-order chi connectivity index (χ0) is 14.1. The van der Waals surface area contributed by atoms with E-state index in [9.17, 15) is 4.79 Å². The number of nitrogens with zero attached hydrogens (tertiary/aromatic N) is 1. The maximum atomic E-state index is 10.9. The van der Waals surface area contributed by atoms with Gasteiger partial charge in [0.05, 0.1) is 6.04 Å². The van der Waals surface area contributed by atoms with Gasteiger partial charge in [-0.1, -0.05) is 18.2 Å². The summed E-state index contributed by atoms with van der Waals surface area (Å²) in [6, 6.07) is 11.7. The highest BCUT2D eigenvalue weighted by molar-refractivity contribution is 5.84. The molecule has 0 radical (unpaired) electrons. The molecule has 1 atom stereocenters. The van der Waals surface area contributed by atoms with Crippen molar-refractivity contribution in [3.63, 3.8) is 0 Å². The van der Waals surface area contributed by atoms with Crippen LogP contribution in [0.15, 0.2) is 40.8 Å². The second-order valence-electron chi connectivity index (χ2n) is 5.11. The Labute approximate surface area is 117 Å². The third-order valence-corrected chi connectivity index (χ3v) is 3.86. The van der Waals surface area contributed by atoms with E-state index in [1.807, 2.05) is 13.0 Å². The van der Waals surface area contributed by atoms with Crippen molar-refractivity contribution in [2.75, 3.05) is 11.4 Å². The van der Waals surface area contributed by atoms with Crippen LogP contribution in [-0.2, 0) is 6.42 Å². The van der Waals surface area contributed by atoms with Crippen molar-refractivity contribution in [2.24, 2.45) is 0 Å². The van der Waals surface area contributed by atoms with E-state index in [1.165, 1.54) is 17.3 Å². The van der Waals surface area contributed by atoms with Crippen LogP contribution in [0.25, 0.3) is 0 Å². The summed E-state index contributed by atoms with van der Waals surface area (Å²) in [4.78, 5) is 13.2. The van der Waals surface area contributed by atoms with Crippen LogP contribution >= 0.6 is 0 Å². The van der Waals surface area contributed by atoms with Gasteiger partial charge < -0.3 is 14.4 Å². The number of carbonyl (C=O) groups is 1.